The van der Waals surface area contributed by atoms with E-state index in [0.717, 1.165) is 96.3 Å². The number of carbonyl (C=O) groups excluding carboxylic acids is 3. The largest absolute Gasteiger partial charge is 0.462 e. The first-order chi connectivity index (χ1) is 30.5. The highest BCUT2D eigenvalue weighted by Gasteiger charge is 2.19. The van der Waals surface area contributed by atoms with Gasteiger partial charge >= 0.3 is 17.9 Å². The molecule has 0 aromatic heterocycles. The Hall–Kier alpha value is -2.37. The van der Waals surface area contributed by atoms with Gasteiger partial charge in [0.05, 0.1) is 0 Å². The van der Waals surface area contributed by atoms with Crippen LogP contribution in [-0.4, -0.2) is 37.2 Å². The topological polar surface area (TPSA) is 78.9 Å². The minimum Gasteiger partial charge on any atom is -0.462 e. The van der Waals surface area contributed by atoms with E-state index >= 15 is 0 Å². The average Bonchev–Trinajstić information content (AvgIpc) is 3.27. The fraction of sp³-hybridized carbons (Fsp3) is 0.839. The first-order valence-electron chi connectivity index (χ1n) is 27.0. The Morgan fingerprint density at radius 1 is 0.323 bits per heavy atom. The van der Waals surface area contributed by atoms with Crippen molar-refractivity contribution in [2.45, 2.75) is 290 Å². The van der Waals surface area contributed by atoms with E-state index in [0.29, 0.717) is 19.3 Å². The molecule has 0 radical (unpaired) electrons. The summed E-state index contributed by atoms with van der Waals surface area (Å²) in [5, 5.41) is 0. The van der Waals surface area contributed by atoms with Crippen molar-refractivity contribution in [1.82, 2.24) is 0 Å². The summed E-state index contributed by atoms with van der Waals surface area (Å²) in [6.07, 6.45) is 60.0. The summed E-state index contributed by atoms with van der Waals surface area (Å²) in [5.41, 5.74) is 0. The molecule has 0 heterocycles. The third kappa shape index (κ3) is 48.7. The number of esters is 3. The van der Waals surface area contributed by atoms with Gasteiger partial charge in [0.2, 0.25) is 0 Å². The van der Waals surface area contributed by atoms with Gasteiger partial charge < -0.3 is 14.2 Å². The lowest BCUT2D eigenvalue weighted by molar-refractivity contribution is -0.167. The quantitative estimate of drug-likeness (QED) is 0.0262. The summed E-state index contributed by atoms with van der Waals surface area (Å²) in [5.74, 6) is -0.892. The SMILES string of the molecule is CCC/C=C\CCCCCCCC(=O)OCC(COC(=O)CCCCCCCCCCCCCCCCCCCCCC)OC(=O)CCCCCCC/C=C\C/C=C\CCCC. The van der Waals surface area contributed by atoms with Crippen molar-refractivity contribution < 1.29 is 28.6 Å². The fourth-order valence-corrected chi connectivity index (χ4v) is 7.76. The zero-order chi connectivity index (χ0) is 45.1. The third-order valence-corrected chi connectivity index (χ3v) is 11.8. The minimum atomic E-state index is -0.778. The van der Waals surface area contributed by atoms with Gasteiger partial charge in [0, 0.05) is 19.3 Å². The van der Waals surface area contributed by atoms with Crippen molar-refractivity contribution in [3.05, 3.63) is 36.5 Å². The first-order valence-corrected chi connectivity index (χ1v) is 27.0. The van der Waals surface area contributed by atoms with Gasteiger partial charge in [0.25, 0.3) is 0 Å². The Morgan fingerprint density at radius 3 is 1.02 bits per heavy atom. The van der Waals surface area contributed by atoms with Crippen LogP contribution in [0.3, 0.4) is 0 Å². The van der Waals surface area contributed by atoms with Crippen molar-refractivity contribution >= 4 is 17.9 Å². The molecule has 362 valence electrons. The van der Waals surface area contributed by atoms with Gasteiger partial charge in [-0.3, -0.25) is 14.4 Å². The monoisotopic (exact) mass is 871 g/mol. The first kappa shape index (κ1) is 59.6. The molecule has 0 aliphatic carbocycles. The second kappa shape index (κ2) is 51.3. The second-order valence-electron chi connectivity index (χ2n) is 18.1. The number of ether oxygens (including phenoxy) is 3. The summed E-state index contributed by atoms with van der Waals surface area (Å²) in [6, 6.07) is 0. The van der Waals surface area contributed by atoms with Crippen LogP contribution in [0, 0.1) is 0 Å². The molecule has 6 nitrogen and oxygen atoms in total. The molecule has 0 aliphatic rings. The Balaban J connectivity index is 4.27. The van der Waals surface area contributed by atoms with Gasteiger partial charge in [0.1, 0.15) is 13.2 Å². The van der Waals surface area contributed by atoms with E-state index in [1.807, 2.05) is 0 Å². The highest BCUT2D eigenvalue weighted by atomic mass is 16.6. The maximum absolute atomic E-state index is 12.8. The van der Waals surface area contributed by atoms with E-state index in [-0.39, 0.29) is 31.1 Å². The van der Waals surface area contributed by atoms with Gasteiger partial charge in [-0.2, -0.15) is 0 Å². The summed E-state index contributed by atoms with van der Waals surface area (Å²) in [6.45, 7) is 6.55. The van der Waals surface area contributed by atoms with E-state index in [2.05, 4.69) is 57.2 Å². The molecule has 0 rings (SSSR count). The average molecular weight is 871 g/mol. The zero-order valence-corrected chi connectivity index (χ0v) is 41.4. The Kier molecular flexibility index (Phi) is 49.3. The lowest BCUT2D eigenvalue weighted by atomic mass is 10.0. The fourth-order valence-electron chi connectivity index (χ4n) is 7.76. The lowest BCUT2D eigenvalue weighted by Crippen LogP contribution is -2.30. The van der Waals surface area contributed by atoms with Crippen molar-refractivity contribution in [3.8, 4) is 0 Å². The molecule has 6 heteroatoms. The normalized spacial score (nSPS) is 12.2. The molecular weight excluding hydrogens is 769 g/mol. The Labute approximate surface area is 385 Å². The van der Waals surface area contributed by atoms with E-state index in [4.69, 9.17) is 14.2 Å². The highest BCUT2D eigenvalue weighted by Crippen LogP contribution is 2.16. The maximum atomic E-state index is 12.8. The van der Waals surface area contributed by atoms with Crippen LogP contribution in [0.2, 0.25) is 0 Å². The number of unbranched alkanes of at least 4 members (excludes halogenated alkanes) is 32. The van der Waals surface area contributed by atoms with Crippen molar-refractivity contribution in [1.29, 1.82) is 0 Å². The smallest absolute Gasteiger partial charge is 0.306 e. The van der Waals surface area contributed by atoms with Crippen LogP contribution in [-0.2, 0) is 28.6 Å². The minimum absolute atomic E-state index is 0.0776. The van der Waals surface area contributed by atoms with Crippen LogP contribution in [0.15, 0.2) is 36.5 Å². The van der Waals surface area contributed by atoms with Crippen LogP contribution in [0.25, 0.3) is 0 Å². The molecule has 0 aromatic rings. The highest BCUT2D eigenvalue weighted by molar-refractivity contribution is 5.71. The molecule has 0 saturated heterocycles. The summed E-state index contributed by atoms with van der Waals surface area (Å²) in [4.78, 5) is 37.9. The van der Waals surface area contributed by atoms with Crippen molar-refractivity contribution in [3.63, 3.8) is 0 Å². The predicted molar refractivity (Wildman–Crippen MR) is 266 cm³/mol. The summed E-state index contributed by atoms with van der Waals surface area (Å²) < 4.78 is 16.8. The van der Waals surface area contributed by atoms with Crippen LogP contribution in [0.1, 0.15) is 284 Å². The molecule has 0 aromatic carbocycles. The van der Waals surface area contributed by atoms with Gasteiger partial charge in [-0.05, 0) is 64.2 Å². The molecule has 0 saturated carbocycles. The van der Waals surface area contributed by atoms with Crippen LogP contribution in [0.5, 0.6) is 0 Å². The van der Waals surface area contributed by atoms with Gasteiger partial charge in [-0.25, -0.2) is 0 Å². The molecule has 0 bridgehead atoms. The Morgan fingerprint density at radius 2 is 0.629 bits per heavy atom. The second-order valence-corrected chi connectivity index (χ2v) is 18.1. The van der Waals surface area contributed by atoms with Gasteiger partial charge in [-0.15, -0.1) is 0 Å². The zero-order valence-electron chi connectivity index (χ0n) is 41.4. The molecule has 62 heavy (non-hydrogen) atoms. The number of carbonyl (C=O) groups is 3. The van der Waals surface area contributed by atoms with E-state index in [1.165, 1.54) is 148 Å². The number of rotatable bonds is 49. The molecule has 0 fully saturated rings. The predicted octanol–water partition coefficient (Wildman–Crippen LogP) is 17.7. The molecule has 0 spiro atoms. The van der Waals surface area contributed by atoms with E-state index in [1.54, 1.807) is 0 Å². The summed E-state index contributed by atoms with van der Waals surface area (Å²) in [7, 11) is 0. The van der Waals surface area contributed by atoms with Crippen molar-refractivity contribution in [2.24, 2.45) is 0 Å². The maximum Gasteiger partial charge on any atom is 0.306 e. The van der Waals surface area contributed by atoms with Crippen molar-refractivity contribution in [2.75, 3.05) is 13.2 Å². The van der Waals surface area contributed by atoms with E-state index < -0.39 is 6.10 Å². The molecule has 0 aliphatic heterocycles. The van der Waals surface area contributed by atoms with Crippen LogP contribution in [0.4, 0.5) is 0 Å². The molecule has 1 atom stereocenters. The summed E-state index contributed by atoms with van der Waals surface area (Å²) >= 11 is 0. The number of hydrogen-bond donors (Lipinski definition) is 0. The number of hydrogen-bond acceptors (Lipinski definition) is 6. The lowest BCUT2D eigenvalue weighted by Gasteiger charge is -2.18. The van der Waals surface area contributed by atoms with E-state index in [9.17, 15) is 14.4 Å². The van der Waals surface area contributed by atoms with Gasteiger partial charge in [0.15, 0.2) is 6.10 Å². The Bertz CT molecular complexity index is 1050. The van der Waals surface area contributed by atoms with Crippen LogP contribution < -0.4 is 0 Å². The standard InChI is InChI=1S/C56H102O6/c1-4-7-10-13-16-19-22-24-26-27-28-29-30-31-33-34-37-40-43-46-49-55(58)61-52-53(51-60-54(57)48-45-42-39-36-21-18-15-12-9-6-3)62-56(59)50-47-44-41-38-35-32-25-23-20-17-14-11-8-5-2/h12,14-15,17,23,25,53H,4-11,13,16,18-22,24,26-52H2,1-3H3/b15-12-,17-14-,25-23-. The van der Waals surface area contributed by atoms with Crippen LogP contribution >= 0.6 is 0 Å². The number of allylic oxidation sites excluding steroid dienone is 6. The van der Waals surface area contributed by atoms with Gasteiger partial charge in [-0.1, -0.05) is 237 Å². The molecule has 0 amide bonds. The molecule has 1 unspecified atom stereocenters. The molecular formula is C56H102O6. The third-order valence-electron chi connectivity index (χ3n) is 11.8. The molecule has 0 N–H and O–H groups in total.